The molecule has 0 aromatic heterocycles. The first-order chi connectivity index (χ1) is 16.6. The average Bonchev–Trinajstić information content (AvgIpc) is 3.17. The predicted molar refractivity (Wildman–Crippen MR) is 128 cm³/mol. The maximum absolute atomic E-state index is 13.9. The summed E-state index contributed by atoms with van der Waals surface area (Å²) < 4.78 is 15.3. The third-order valence-electron chi connectivity index (χ3n) is 10.6. The Labute approximate surface area is 209 Å². The highest BCUT2D eigenvalue weighted by atomic mass is 16.7. The molecule has 4 fully saturated rings. The van der Waals surface area contributed by atoms with Crippen molar-refractivity contribution in [3.05, 3.63) is 0 Å². The number of ketones is 2. The van der Waals surface area contributed by atoms with E-state index in [9.17, 15) is 19.2 Å². The van der Waals surface area contributed by atoms with Crippen LogP contribution < -0.4 is 0 Å². The Bertz CT molecular complexity index is 867. The summed E-state index contributed by atoms with van der Waals surface area (Å²) in [6, 6.07) is 0. The summed E-state index contributed by atoms with van der Waals surface area (Å²) in [4.78, 5) is 51.1. The Hall–Kier alpha value is -1.92. The van der Waals surface area contributed by atoms with Gasteiger partial charge in [-0.2, -0.15) is 0 Å². The van der Waals surface area contributed by atoms with E-state index in [2.05, 4.69) is 20.8 Å². The molecule has 0 amide bonds. The average molecular weight is 491 g/mol. The SMILES string of the molecule is CCOC(=O)O[C@@H]1CC[C@@]2(C)C(CC(=O)[C@H]3[C@@H]4CC[C@H]([C@H](C)CCC(=O)OC)[C@@]4(C)C(=O)C[C@@H]32)C1. The largest absolute Gasteiger partial charge is 0.508 e. The Morgan fingerprint density at radius 2 is 1.83 bits per heavy atom. The molecule has 0 N–H and O–H groups in total. The Morgan fingerprint density at radius 3 is 2.51 bits per heavy atom. The highest BCUT2D eigenvalue weighted by Crippen LogP contribution is 2.66. The van der Waals surface area contributed by atoms with Gasteiger partial charge < -0.3 is 14.2 Å². The van der Waals surface area contributed by atoms with Gasteiger partial charge >= 0.3 is 12.1 Å². The minimum atomic E-state index is -0.636. The maximum atomic E-state index is 13.9. The number of hydrogen-bond acceptors (Lipinski definition) is 7. The molecule has 0 radical (unpaired) electrons. The number of rotatable bonds is 6. The molecule has 4 aliphatic carbocycles. The zero-order valence-corrected chi connectivity index (χ0v) is 22.0. The Balaban J connectivity index is 1.52. The van der Waals surface area contributed by atoms with Crippen molar-refractivity contribution in [1.29, 1.82) is 0 Å². The summed E-state index contributed by atoms with van der Waals surface area (Å²) in [5.74, 6) is 0.994. The first kappa shape index (κ1) is 26.2. The number of hydrogen-bond donors (Lipinski definition) is 0. The van der Waals surface area contributed by atoms with Gasteiger partial charge in [-0.15, -0.1) is 0 Å². The van der Waals surface area contributed by atoms with E-state index in [4.69, 9.17) is 14.2 Å². The second-order valence-corrected chi connectivity index (χ2v) is 12.0. The van der Waals surface area contributed by atoms with Crippen LogP contribution in [0.5, 0.6) is 0 Å². The van der Waals surface area contributed by atoms with E-state index in [0.29, 0.717) is 43.7 Å². The third-order valence-corrected chi connectivity index (χ3v) is 10.6. The van der Waals surface area contributed by atoms with Crippen molar-refractivity contribution in [2.75, 3.05) is 13.7 Å². The molecular formula is C28H42O7. The number of ether oxygens (including phenoxy) is 3. The van der Waals surface area contributed by atoms with Gasteiger partial charge in [-0.05, 0) is 80.5 Å². The minimum Gasteiger partial charge on any atom is -0.469 e. The molecule has 7 heteroatoms. The monoisotopic (exact) mass is 490 g/mol. The van der Waals surface area contributed by atoms with Gasteiger partial charge in [0.05, 0.1) is 13.7 Å². The van der Waals surface area contributed by atoms with Crippen molar-refractivity contribution in [3.63, 3.8) is 0 Å². The number of esters is 1. The lowest BCUT2D eigenvalue weighted by Crippen LogP contribution is -2.60. The molecule has 0 bridgehead atoms. The fourth-order valence-electron chi connectivity index (χ4n) is 8.60. The summed E-state index contributed by atoms with van der Waals surface area (Å²) in [7, 11) is 1.41. The first-order valence-electron chi connectivity index (χ1n) is 13.5. The summed E-state index contributed by atoms with van der Waals surface area (Å²) in [6.07, 6.45) is 5.25. The molecule has 196 valence electrons. The molecule has 35 heavy (non-hydrogen) atoms. The van der Waals surface area contributed by atoms with Crippen molar-refractivity contribution < 1.29 is 33.4 Å². The second-order valence-electron chi connectivity index (χ2n) is 12.0. The molecule has 9 atom stereocenters. The van der Waals surface area contributed by atoms with Crippen LogP contribution in [-0.4, -0.2) is 43.5 Å². The summed E-state index contributed by atoms with van der Waals surface area (Å²) >= 11 is 0. The lowest BCUT2D eigenvalue weighted by Gasteiger charge is -2.59. The third kappa shape index (κ3) is 4.42. The van der Waals surface area contributed by atoms with E-state index >= 15 is 0 Å². The molecule has 0 aromatic carbocycles. The van der Waals surface area contributed by atoms with Gasteiger partial charge in [-0.25, -0.2) is 4.79 Å². The van der Waals surface area contributed by atoms with E-state index < -0.39 is 11.6 Å². The fourth-order valence-corrected chi connectivity index (χ4v) is 8.60. The molecule has 0 spiro atoms. The highest BCUT2D eigenvalue weighted by molar-refractivity contribution is 5.92. The summed E-state index contributed by atoms with van der Waals surface area (Å²) in [6.45, 7) is 8.55. The molecule has 1 unspecified atom stereocenters. The molecule has 4 rings (SSSR count). The molecule has 4 aliphatic rings. The molecule has 0 aliphatic heterocycles. The molecule has 0 heterocycles. The normalized spacial score (nSPS) is 41.3. The van der Waals surface area contributed by atoms with Crippen molar-refractivity contribution >= 4 is 23.7 Å². The molecule has 0 aromatic rings. The molecular weight excluding hydrogens is 448 g/mol. The van der Waals surface area contributed by atoms with Gasteiger partial charge in [-0.3, -0.25) is 14.4 Å². The van der Waals surface area contributed by atoms with Crippen LogP contribution in [0.15, 0.2) is 0 Å². The van der Waals surface area contributed by atoms with Gasteiger partial charge in [0.1, 0.15) is 17.7 Å². The smallest absolute Gasteiger partial charge is 0.469 e. The van der Waals surface area contributed by atoms with Crippen LogP contribution >= 0.6 is 0 Å². The van der Waals surface area contributed by atoms with Crippen LogP contribution in [0.2, 0.25) is 0 Å². The predicted octanol–water partition coefficient (Wildman–Crippen LogP) is 5.13. The quantitative estimate of drug-likeness (QED) is 0.476. The molecule has 7 nitrogen and oxygen atoms in total. The van der Waals surface area contributed by atoms with E-state index in [0.717, 1.165) is 25.7 Å². The van der Waals surface area contributed by atoms with Gasteiger partial charge in [0.2, 0.25) is 0 Å². The topological polar surface area (TPSA) is 96.0 Å². The zero-order valence-electron chi connectivity index (χ0n) is 22.0. The summed E-state index contributed by atoms with van der Waals surface area (Å²) in [5.41, 5.74) is -0.599. The molecule has 4 saturated carbocycles. The summed E-state index contributed by atoms with van der Waals surface area (Å²) in [5, 5.41) is 0. The van der Waals surface area contributed by atoms with Gasteiger partial charge in [0.25, 0.3) is 0 Å². The second kappa shape index (κ2) is 9.85. The number of carbonyl (C=O) groups excluding carboxylic acids is 4. The number of Topliss-reactive ketones (excluding diaryl/α,β-unsaturated/α-hetero) is 2. The van der Waals surface area contributed by atoms with E-state index in [1.54, 1.807) is 6.92 Å². The Kier molecular flexibility index (Phi) is 7.36. The van der Waals surface area contributed by atoms with Crippen LogP contribution in [0, 0.1) is 46.3 Å². The van der Waals surface area contributed by atoms with Gasteiger partial charge in [0, 0.05) is 30.6 Å². The lowest BCUT2D eigenvalue weighted by atomic mass is 9.43. The van der Waals surface area contributed by atoms with E-state index in [1.165, 1.54) is 7.11 Å². The van der Waals surface area contributed by atoms with Gasteiger partial charge in [0.15, 0.2) is 0 Å². The minimum absolute atomic E-state index is 0.0620. The van der Waals surface area contributed by atoms with Crippen molar-refractivity contribution in [1.82, 2.24) is 0 Å². The standard InChI is InChI=1S/C28H42O7/c1-6-34-26(32)35-18-11-12-27(3)17(13-18)14-22(29)25-20-9-8-19(16(2)7-10-24(31)33-5)28(20,4)23(30)15-21(25)27/h16-21,25H,6-15H2,1-5H3/t16-,17?,18-,19-,20+,21+,25+,27+,28-/m1/s1. The maximum Gasteiger partial charge on any atom is 0.508 e. The van der Waals surface area contributed by atoms with Crippen LogP contribution in [-0.2, 0) is 28.6 Å². The fraction of sp³-hybridized carbons (Fsp3) is 0.857. The van der Waals surface area contributed by atoms with E-state index in [1.807, 2.05) is 0 Å². The van der Waals surface area contributed by atoms with Crippen LogP contribution in [0.25, 0.3) is 0 Å². The van der Waals surface area contributed by atoms with Crippen LogP contribution in [0.4, 0.5) is 4.79 Å². The van der Waals surface area contributed by atoms with Gasteiger partial charge in [-0.1, -0.05) is 20.8 Å². The van der Waals surface area contributed by atoms with Crippen molar-refractivity contribution in [2.45, 2.75) is 91.6 Å². The number of fused-ring (bicyclic) bond motifs is 5. The number of methoxy groups -OCH3 is 1. The molecule has 0 saturated heterocycles. The Morgan fingerprint density at radius 1 is 1.09 bits per heavy atom. The van der Waals surface area contributed by atoms with Crippen molar-refractivity contribution in [3.8, 4) is 0 Å². The zero-order chi connectivity index (χ0) is 25.5. The highest BCUT2D eigenvalue weighted by Gasteiger charge is 2.66. The van der Waals surface area contributed by atoms with Crippen LogP contribution in [0.1, 0.15) is 85.5 Å². The number of carbonyl (C=O) groups is 4. The first-order valence-corrected chi connectivity index (χ1v) is 13.5. The van der Waals surface area contributed by atoms with Crippen LogP contribution in [0.3, 0.4) is 0 Å². The van der Waals surface area contributed by atoms with Crippen molar-refractivity contribution in [2.24, 2.45) is 46.3 Å². The van der Waals surface area contributed by atoms with E-state index in [-0.39, 0.29) is 59.6 Å². The lowest BCUT2D eigenvalue weighted by molar-refractivity contribution is -0.169.